The van der Waals surface area contributed by atoms with E-state index in [1.165, 1.54) is 0 Å². The Morgan fingerprint density at radius 3 is 2.92 bits per heavy atom. The predicted octanol–water partition coefficient (Wildman–Crippen LogP) is 1.15. The third-order valence-electron chi connectivity index (χ3n) is 1.42. The van der Waals surface area contributed by atoms with Crippen LogP contribution in [0.15, 0.2) is 21.2 Å². The van der Waals surface area contributed by atoms with Gasteiger partial charge in [0.1, 0.15) is 0 Å². The van der Waals surface area contributed by atoms with Gasteiger partial charge in [-0.15, -0.1) is 0 Å². The molecule has 1 amide bonds. The SMILES string of the molecule is O=C(NCCCO)c1ccc(Br)o1. The van der Waals surface area contributed by atoms with Gasteiger partial charge in [0, 0.05) is 13.2 Å². The Kier molecular flexibility index (Phi) is 3.98. The number of rotatable bonds is 4. The number of aliphatic hydroxyl groups excluding tert-OH is 1. The van der Waals surface area contributed by atoms with Crippen LogP contribution in [0.5, 0.6) is 0 Å². The quantitative estimate of drug-likeness (QED) is 0.786. The van der Waals surface area contributed by atoms with Gasteiger partial charge < -0.3 is 14.8 Å². The van der Waals surface area contributed by atoms with Crippen LogP contribution >= 0.6 is 15.9 Å². The van der Waals surface area contributed by atoms with Crippen molar-refractivity contribution < 1.29 is 14.3 Å². The van der Waals surface area contributed by atoms with Gasteiger partial charge in [0.05, 0.1) is 0 Å². The molecule has 4 nitrogen and oxygen atoms in total. The van der Waals surface area contributed by atoms with E-state index < -0.39 is 0 Å². The topological polar surface area (TPSA) is 62.5 Å². The summed E-state index contributed by atoms with van der Waals surface area (Å²) in [7, 11) is 0. The normalized spacial score (nSPS) is 10.0. The van der Waals surface area contributed by atoms with Gasteiger partial charge in [0.15, 0.2) is 10.4 Å². The maximum Gasteiger partial charge on any atom is 0.287 e. The second kappa shape index (κ2) is 5.04. The predicted molar refractivity (Wildman–Crippen MR) is 50.4 cm³/mol. The molecule has 0 unspecified atom stereocenters. The fourth-order valence-electron chi connectivity index (χ4n) is 0.804. The van der Waals surface area contributed by atoms with Crippen LogP contribution < -0.4 is 5.32 Å². The molecule has 5 heteroatoms. The van der Waals surface area contributed by atoms with Crippen LogP contribution in [0, 0.1) is 0 Å². The van der Waals surface area contributed by atoms with Crippen molar-refractivity contribution in [1.29, 1.82) is 0 Å². The highest BCUT2D eigenvalue weighted by atomic mass is 79.9. The molecule has 1 rings (SSSR count). The molecule has 1 aromatic heterocycles. The van der Waals surface area contributed by atoms with Crippen LogP contribution in [0.3, 0.4) is 0 Å². The third kappa shape index (κ3) is 3.20. The smallest absolute Gasteiger partial charge is 0.287 e. The molecule has 0 bridgehead atoms. The maximum absolute atomic E-state index is 11.2. The van der Waals surface area contributed by atoms with Gasteiger partial charge in [-0.25, -0.2) is 0 Å². The second-order valence-corrected chi connectivity index (χ2v) is 3.22. The van der Waals surface area contributed by atoms with Gasteiger partial charge in [-0.05, 0) is 34.5 Å². The van der Waals surface area contributed by atoms with E-state index in [4.69, 9.17) is 9.52 Å². The number of hydrogen-bond donors (Lipinski definition) is 2. The first-order valence-corrected chi connectivity index (χ1v) is 4.67. The maximum atomic E-state index is 11.2. The van der Waals surface area contributed by atoms with E-state index in [9.17, 15) is 4.79 Å². The van der Waals surface area contributed by atoms with E-state index in [-0.39, 0.29) is 18.3 Å². The van der Waals surface area contributed by atoms with Crippen molar-refractivity contribution in [1.82, 2.24) is 5.32 Å². The van der Waals surface area contributed by atoms with Gasteiger partial charge in [0.25, 0.3) is 5.91 Å². The van der Waals surface area contributed by atoms with Crippen molar-refractivity contribution in [3.05, 3.63) is 22.6 Å². The largest absolute Gasteiger partial charge is 0.444 e. The fourth-order valence-corrected chi connectivity index (χ4v) is 1.11. The van der Waals surface area contributed by atoms with Crippen molar-refractivity contribution in [2.45, 2.75) is 6.42 Å². The molecule has 0 aliphatic heterocycles. The van der Waals surface area contributed by atoms with Crippen molar-refractivity contribution in [3.63, 3.8) is 0 Å². The summed E-state index contributed by atoms with van der Waals surface area (Å²) in [6.45, 7) is 0.524. The molecule has 0 aliphatic carbocycles. The summed E-state index contributed by atoms with van der Waals surface area (Å²) in [4.78, 5) is 11.2. The lowest BCUT2D eigenvalue weighted by Crippen LogP contribution is -2.24. The third-order valence-corrected chi connectivity index (χ3v) is 1.84. The van der Waals surface area contributed by atoms with Gasteiger partial charge in [0.2, 0.25) is 0 Å². The van der Waals surface area contributed by atoms with Gasteiger partial charge in [-0.2, -0.15) is 0 Å². The van der Waals surface area contributed by atoms with Gasteiger partial charge >= 0.3 is 0 Å². The van der Waals surface area contributed by atoms with Crippen molar-refractivity contribution >= 4 is 21.8 Å². The van der Waals surface area contributed by atoms with Crippen LogP contribution in [-0.4, -0.2) is 24.2 Å². The zero-order valence-electron chi connectivity index (χ0n) is 6.92. The van der Waals surface area contributed by atoms with E-state index in [1.54, 1.807) is 12.1 Å². The van der Waals surface area contributed by atoms with Gasteiger partial charge in [-0.3, -0.25) is 4.79 Å². The molecule has 0 saturated carbocycles. The van der Waals surface area contributed by atoms with Gasteiger partial charge in [-0.1, -0.05) is 0 Å². The Balaban J connectivity index is 2.40. The Labute approximate surface area is 84.1 Å². The minimum absolute atomic E-state index is 0.0716. The van der Waals surface area contributed by atoms with E-state index in [0.29, 0.717) is 17.6 Å². The summed E-state index contributed by atoms with van der Waals surface area (Å²) in [5, 5.41) is 11.1. The number of carbonyl (C=O) groups excluding carboxylic acids is 1. The molecule has 0 fully saturated rings. The number of halogens is 1. The Morgan fingerprint density at radius 1 is 1.62 bits per heavy atom. The zero-order chi connectivity index (χ0) is 9.68. The monoisotopic (exact) mass is 247 g/mol. The van der Waals surface area contributed by atoms with Crippen LogP contribution in [0.4, 0.5) is 0 Å². The molecule has 13 heavy (non-hydrogen) atoms. The number of hydrogen-bond acceptors (Lipinski definition) is 3. The van der Waals surface area contributed by atoms with E-state index in [2.05, 4.69) is 21.2 Å². The van der Waals surface area contributed by atoms with Crippen molar-refractivity contribution in [2.24, 2.45) is 0 Å². The molecule has 0 aromatic carbocycles. The van der Waals surface area contributed by atoms with E-state index in [1.807, 2.05) is 0 Å². The van der Waals surface area contributed by atoms with Crippen LogP contribution in [0.1, 0.15) is 17.0 Å². The lowest BCUT2D eigenvalue weighted by Gasteiger charge is -1.99. The standard InChI is InChI=1S/C8H10BrNO3/c9-7-3-2-6(13-7)8(12)10-4-1-5-11/h2-3,11H,1,4-5H2,(H,10,12). The first-order chi connectivity index (χ1) is 6.24. The minimum Gasteiger partial charge on any atom is -0.444 e. The van der Waals surface area contributed by atoms with Crippen molar-refractivity contribution in [3.8, 4) is 0 Å². The highest BCUT2D eigenvalue weighted by Crippen LogP contribution is 2.13. The average molecular weight is 248 g/mol. The Morgan fingerprint density at radius 2 is 2.38 bits per heavy atom. The number of furan rings is 1. The summed E-state index contributed by atoms with van der Waals surface area (Å²) in [6, 6.07) is 3.24. The summed E-state index contributed by atoms with van der Waals surface area (Å²) < 4.78 is 5.55. The molecule has 1 heterocycles. The Bertz CT molecular complexity index is 285. The second-order valence-electron chi connectivity index (χ2n) is 2.44. The van der Waals surface area contributed by atoms with Crippen molar-refractivity contribution in [2.75, 3.05) is 13.2 Å². The molecule has 2 N–H and O–H groups in total. The first-order valence-electron chi connectivity index (χ1n) is 3.88. The summed E-state index contributed by atoms with van der Waals surface area (Å²) in [5.41, 5.74) is 0. The molecule has 1 aromatic rings. The highest BCUT2D eigenvalue weighted by Gasteiger charge is 2.08. The minimum atomic E-state index is -0.265. The van der Waals surface area contributed by atoms with E-state index in [0.717, 1.165) is 0 Å². The van der Waals surface area contributed by atoms with Crippen LogP contribution in [0.25, 0.3) is 0 Å². The average Bonchev–Trinajstić information content (AvgIpc) is 2.52. The van der Waals surface area contributed by atoms with Crippen LogP contribution in [0.2, 0.25) is 0 Å². The highest BCUT2D eigenvalue weighted by molar-refractivity contribution is 9.10. The molecule has 72 valence electrons. The molecule has 0 spiro atoms. The number of aliphatic hydroxyl groups is 1. The lowest BCUT2D eigenvalue weighted by atomic mass is 10.4. The molecular formula is C8H10BrNO3. The molecule has 0 saturated heterocycles. The van der Waals surface area contributed by atoms with Crippen LogP contribution in [-0.2, 0) is 0 Å². The molecule has 0 aliphatic rings. The number of nitrogens with one attached hydrogen (secondary N) is 1. The number of amides is 1. The number of carbonyl (C=O) groups is 1. The summed E-state index contributed by atoms with van der Waals surface area (Å²) in [5.74, 6) is 0.00367. The lowest BCUT2D eigenvalue weighted by molar-refractivity contribution is 0.0922. The first kappa shape index (κ1) is 10.3. The zero-order valence-corrected chi connectivity index (χ0v) is 8.50. The Hall–Kier alpha value is -0.810. The molecular weight excluding hydrogens is 238 g/mol. The molecule has 0 atom stereocenters. The fraction of sp³-hybridized carbons (Fsp3) is 0.375. The summed E-state index contributed by atoms with van der Waals surface area (Å²) in [6.07, 6.45) is 0.549. The van der Waals surface area contributed by atoms with E-state index >= 15 is 0 Å². The molecule has 0 radical (unpaired) electrons. The summed E-state index contributed by atoms with van der Waals surface area (Å²) >= 11 is 3.10.